The van der Waals surface area contributed by atoms with Crippen molar-refractivity contribution >= 4 is 11.6 Å². The second-order valence-corrected chi connectivity index (χ2v) is 8.92. The van der Waals surface area contributed by atoms with Crippen molar-refractivity contribution in [2.75, 3.05) is 19.8 Å². The maximum Gasteiger partial charge on any atom is 0.254 e. The van der Waals surface area contributed by atoms with E-state index in [-0.39, 0.29) is 11.9 Å². The van der Waals surface area contributed by atoms with E-state index in [0.29, 0.717) is 31.1 Å². The van der Waals surface area contributed by atoms with Crippen LogP contribution in [0.1, 0.15) is 46.9 Å². The molecule has 0 N–H and O–H groups in total. The maximum absolute atomic E-state index is 13.4. The molecule has 4 heterocycles. The van der Waals surface area contributed by atoms with Gasteiger partial charge in [0.1, 0.15) is 18.0 Å². The third-order valence-corrected chi connectivity index (χ3v) is 6.57. The first-order valence-corrected chi connectivity index (χ1v) is 12.1. The fourth-order valence-corrected chi connectivity index (χ4v) is 4.82. The average molecular weight is 470 g/mol. The lowest BCUT2D eigenvalue weighted by molar-refractivity contribution is 0.0735. The van der Waals surface area contributed by atoms with Crippen LogP contribution in [0.4, 0.5) is 0 Å². The Morgan fingerprint density at radius 3 is 2.71 bits per heavy atom. The van der Waals surface area contributed by atoms with Crippen molar-refractivity contribution in [3.8, 4) is 17.2 Å². The number of fused-ring (bicyclic) bond motifs is 2. The van der Waals surface area contributed by atoms with Crippen LogP contribution in [0.2, 0.25) is 0 Å². The van der Waals surface area contributed by atoms with E-state index in [1.165, 1.54) is 0 Å². The summed E-state index contributed by atoms with van der Waals surface area (Å²) >= 11 is 0. The fourth-order valence-electron chi connectivity index (χ4n) is 4.82. The first-order valence-electron chi connectivity index (χ1n) is 12.1. The first-order chi connectivity index (χ1) is 17.2. The van der Waals surface area contributed by atoms with Gasteiger partial charge in [-0.25, -0.2) is 4.98 Å². The Hall–Kier alpha value is -4.00. The monoisotopic (exact) mass is 469 g/mol. The van der Waals surface area contributed by atoms with Crippen molar-refractivity contribution in [3.05, 3.63) is 89.9 Å². The van der Waals surface area contributed by atoms with Crippen LogP contribution < -0.4 is 14.2 Å². The van der Waals surface area contributed by atoms with Crippen LogP contribution >= 0.6 is 0 Å². The Bertz CT molecular complexity index is 1320. The molecule has 0 bridgehead atoms. The quantitative estimate of drug-likeness (QED) is 0.409. The Morgan fingerprint density at radius 1 is 1.00 bits per heavy atom. The van der Waals surface area contributed by atoms with E-state index in [2.05, 4.69) is 11.1 Å². The molecule has 1 saturated heterocycles. The molecule has 0 aliphatic carbocycles. The van der Waals surface area contributed by atoms with Gasteiger partial charge in [0.05, 0.1) is 24.9 Å². The molecule has 0 radical (unpaired) electrons. The summed E-state index contributed by atoms with van der Waals surface area (Å²) in [5.41, 5.74) is 3.49. The number of imidazole rings is 1. The molecule has 2 aliphatic heterocycles. The molecule has 1 atom stereocenters. The summed E-state index contributed by atoms with van der Waals surface area (Å²) in [6.45, 7) is 2.42. The molecule has 7 heteroatoms. The Morgan fingerprint density at radius 2 is 1.86 bits per heavy atom. The molecule has 1 amide bonds. The van der Waals surface area contributed by atoms with Gasteiger partial charge in [-0.2, -0.15) is 0 Å². The number of hydrogen-bond donors (Lipinski definition) is 0. The summed E-state index contributed by atoms with van der Waals surface area (Å²) in [7, 11) is 0. The molecule has 2 aromatic heterocycles. The predicted molar refractivity (Wildman–Crippen MR) is 131 cm³/mol. The van der Waals surface area contributed by atoms with Crippen molar-refractivity contribution in [2.24, 2.45) is 0 Å². The SMILES string of the molecule is O=C(c1ccc(OCc2cn3ccccc3n2)cc1)N1CCCC1c1ccc2c(c1)OCCCO2. The molecule has 2 aromatic carbocycles. The molecule has 4 aromatic rings. The average Bonchev–Trinajstić information content (AvgIpc) is 3.48. The number of carbonyl (C=O) groups is 1. The van der Waals surface area contributed by atoms with Crippen LogP contribution in [0.15, 0.2) is 73.1 Å². The van der Waals surface area contributed by atoms with E-state index in [1.54, 1.807) is 0 Å². The van der Waals surface area contributed by atoms with Crippen LogP contribution in [0, 0.1) is 0 Å². The standard InChI is InChI=1S/C28H27N3O4/c32-28(31-14-3-5-24(31)21-9-12-25-26(17-21)34-16-4-15-33-25)20-7-10-23(11-8-20)35-19-22-18-30-13-2-1-6-27(30)29-22/h1-2,6-13,17-18,24H,3-5,14-16,19H2. The molecular formula is C28H27N3O4. The Kier molecular flexibility index (Phi) is 5.74. The highest BCUT2D eigenvalue weighted by Crippen LogP contribution is 2.38. The number of pyridine rings is 1. The summed E-state index contributed by atoms with van der Waals surface area (Å²) in [6, 6.07) is 19.4. The van der Waals surface area contributed by atoms with Crippen molar-refractivity contribution in [1.82, 2.24) is 14.3 Å². The van der Waals surface area contributed by atoms with Gasteiger partial charge in [0, 0.05) is 30.9 Å². The predicted octanol–water partition coefficient (Wildman–Crippen LogP) is 5.05. The summed E-state index contributed by atoms with van der Waals surface area (Å²) in [5, 5.41) is 0. The number of hydrogen-bond acceptors (Lipinski definition) is 5. The van der Waals surface area contributed by atoms with Gasteiger partial charge >= 0.3 is 0 Å². The van der Waals surface area contributed by atoms with Gasteiger partial charge in [0.2, 0.25) is 0 Å². The molecule has 0 saturated carbocycles. The summed E-state index contributed by atoms with van der Waals surface area (Å²) in [6.07, 6.45) is 6.71. The van der Waals surface area contributed by atoms with Crippen molar-refractivity contribution in [2.45, 2.75) is 31.9 Å². The molecule has 35 heavy (non-hydrogen) atoms. The Balaban J connectivity index is 1.13. The molecule has 178 valence electrons. The van der Waals surface area contributed by atoms with Gasteiger partial charge in [0.15, 0.2) is 11.5 Å². The lowest BCUT2D eigenvalue weighted by Crippen LogP contribution is -2.30. The fraction of sp³-hybridized carbons (Fsp3) is 0.286. The molecule has 0 spiro atoms. The first kappa shape index (κ1) is 21.5. The summed E-state index contributed by atoms with van der Waals surface area (Å²) in [5.74, 6) is 2.29. The second kappa shape index (κ2) is 9.33. The molecule has 1 fully saturated rings. The number of amides is 1. The lowest BCUT2D eigenvalue weighted by Gasteiger charge is -2.26. The maximum atomic E-state index is 13.4. The molecule has 6 rings (SSSR count). The van der Waals surface area contributed by atoms with Gasteiger partial charge in [-0.1, -0.05) is 12.1 Å². The van der Waals surface area contributed by atoms with Crippen molar-refractivity contribution in [1.29, 1.82) is 0 Å². The van der Waals surface area contributed by atoms with Crippen molar-refractivity contribution in [3.63, 3.8) is 0 Å². The smallest absolute Gasteiger partial charge is 0.254 e. The minimum atomic E-state index is 0.0330. The number of carbonyl (C=O) groups excluding carboxylic acids is 1. The van der Waals surface area contributed by atoms with Gasteiger partial charge in [-0.15, -0.1) is 0 Å². The summed E-state index contributed by atoms with van der Waals surface area (Å²) < 4.78 is 19.5. The van der Waals surface area contributed by atoms with E-state index < -0.39 is 0 Å². The van der Waals surface area contributed by atoms with E-state index in [4.69, 9.17) is 14.2 Å². The lowest BCUT2D eigenvalue weighted by atomic mass is 10.0. The number of benzene rings is 2. The van der Waals surface area contributed by atoms with Gasteiger partial charge in [-0.3, -0.25) is 4.79 Å². The zero-order valence-electron chi connectivity index (χ0n) is 19.4. The topological polar surface area (TPSA) is 65.3 Å². The van der Waals surface area contributed by atoms with E-state index in [1.807, 2.05) is 76.3 Å². The van der Waals surface area contributed by atoms with E-state index in [0.717, 1.165) is 54.2 Å². The third kappa shape index (κ3) is 4.41. The van der Waals surface area contributed by atoms with Gasteiger partial charge in [0.25, 0.3) is 5.91 Å². The van der Waals surface area contributed by atoms with Gasteiger partial charge < -0.3 is 23.5 Å². The normalized spacial score (nSPS) is 17.4. The molecule has 2 aliphatic rings. The van der Waals surface area contributed by atoms with Crippen LogP contribution in [0.5, 0.6) is 17.2 Å². The highest BCUT2D eigenvalue weighted by atomic mass is 16.5. The molecule has 7 nitrogen and oxygen atoms in total. The van der Waals surface area contributed by atoms with E-state index >= 15 is 0 Å². The number of aromatic nitrogens is 2. The third-order valence-electron chi connectivity index (χ3n) is 6.57. The zero-order chi connectivity index (χ0) is 23.6. The highest BCUT2D eigenvalue weighted by Gasteiger charge is 2.31. The Labute approximate surface area is 203 Å². The number of ether oxygens (including phenoxy) is 3. The largest absolute Gasteiger partial charge is 0.490 e. The van der Waals surface area contributed by atoms with Crippen molar-refractivity contribution < 1.29 is 19.0 Å². The minimum absolute atomic E-state index is 0.0330. The zero-order valence-corrected chi connectivity index (χ0v) is 19.4. The summed E-state index contributed by atoms with van der Waals surface area (Å²) in [4.78, 5) is 19.9. The number of nitrogens with zero attached hydrogens (tertiary/aromatic N) is 3. The van der Waals surface area contributed by atoms with Crippen LogP contribution in [-0.4, -0.2) is 40.0 Å². The number of rotatable bonds is 5. The second-order valence-electron chi connectivity index (χ2n) is 8.92. The number of likely N-dealkylation sites (tertiary alicyclic amines) is 1. The van der Waals surface area contributed by atoms with Crippen LogP contribution in [-0.2, 0) is 6.61 Å². The molecular weight excluding hydrogens is 442 g/mol. The molecule has 1 unspecified atom stereocenters. The highest BCUT2D eigenvalue weighted by molar-refractivity contribution is 5.94. The van der Waals surface area contributed by atoms with Gasteiger partial charge in [-0.05, 0) is 66.9 Å². The van der Waals surface area contributed by atoms with Crippen LogP contribution in [0.25, 0.3) is 5.65 Å². The van der Waals surface area contributed by atoms with Crippen LogP contribution in [0.3, 0.4) is 0 Å². The van der Waals surface area contributed by atoms with E-state index in [9.17, 15) is 4.79 Å². The minimum Gasteiger partial charge on any atom is -0.490 e.